The Hall–Kier alpha value is -4.82. The highest BCUT2D eigenvalue weighted by atomic mass is 14.9. The van der Waals surface area contributed by atoms with E-state index in [9.17, 15) is 0 Å². The number of rotatable bonds is 4. The molecule has 6 aromatic rings. The quantitative estimate of drug-likeness (QED) is 0.256. The summed E-state index contributed by atoms with van der Waals surface area (Å²) in [7, 11) is 0. The van der Waals surface area contributed by atoms with Gasteiger partial charge in [0.2, 0.25) is 0 Å². The smallest absolute Gasteiger partial charge is 0.160 e. The minimum absolute atomic E-state index is 0.732. The fraction of sp³-hybridized carbons (Fsp3) is 0.0286. The molecule has 174 valence electrons. The highest BCUT2D eigenvalue weighted by Crippen LogP contribution is 2.43. The predicted octanol–water partition coefficient (Wildman–Crippen LogP) is 8.72. The molecule has 1 aliphatic carbocycles. The fourth-order valence-electron chi connectivity index (χ4n) is 5.35. The lowest BCUT2D eigenvalue weighted by atomic mass is 9.93. The van der Waals surface area contributed by atoms with Gasteiger partial charge in [0.1, 0.15) is 0 Å². The monoisotopic (exact) mass is 472 g/mol. The van der Waals surface area contributed by atoms with Crippen molar-refractivity contribution in [2.24, 2.45) is 0 Å². The predicted molar refractivity (Wildman–Crippen MR) is 152 cm³/mol. The van der Waals surface area contributed by atoms with Crippen LogP contribution in [0, 0.1) is 0 Å². The molecule has 0 saturated carbocycles. The molecule has 0 bridgehead atoms. The van der Waals surface area contributed by atoms with Crippen LogP contribution in [-0.2, 0) is 6.42 Å². The first kappa shape index (κ1) is 21.5. The van der Waals surface area contributed by atoms with E-state index >= 15 is 0 Å². The van der Waals surface area contributed by atoms with E-state index in [1.165, 1.54) is 33.4 Å². The van der Waals surface area contributed by atoms with Crippen molar-refractivity contribution in [1.29, 1.82) is 0 Å². The van der Waals surface area contributed by atoms with Crippen molar-refractivity contribution in [2.75, 3.05) is 0 Å². The molecule has 0 aliphatic heterocycles. The molecule has 1 aliphatic rings. The lowest BCUT2D eigenvalue weighted by Gasteiger charge is -2.13. The van der Waals surface area contributed by atoms with Crippen LogP contribution < -0.4 is 0 Å². The summed E-state index contributed by atoms with van der Waals surface area (Å²) < 4.78 is 0. The van der Waals surface area contributed by atoms with E-state index in [4.69, 9.17) is 9.97 Å². The maximum atomic E-state index is 5.03. The van der Waals surface area contributed by atoms with Crippen molar-refractivity contribution in [3.63, 3.8) is 0 Å². The molecular weight excluding hydrogens is 448 g/mol. The minimum atomic E-state index is 0.732. The summed E-state index contributed by atoms with van der Waals surface area (Å²) >= 11 is 0. The summed E-state index contributed by atoms with van der Waals surface area (Å²) in [6.07, 6.45) is 0.988. The van der Waals surface area contributed by atoms with Gasteiger partial charge in [-0.25, -0.2) is 9.97 Å². The average Bonchev–Trinajstić information content (AvgIpc) is 3.37. The van der Waals surface area contributed by atoms with Crippen LogP contribution >= 0.6 is 0 Å². The molecule has 0 atom stereocenters. The van der Waals surface area contributed by atoms with Crippen molar-refractivity contribution in [1.82, 2.24) is 9.97 Å². The minimum Gasteiger partial charge on any atom is -0.228 e. The molecule has 5 aromatic carbocycles. The third kappa shape index (κ3) is 3.93. The Morgan fingerprint density at radius 1 is 0.405 bits per heavy atom. The van der Waals surface area contributed by atoms with Crippen LogP contribution in [0.25, 0.3) is 56.2 Å². The summed E-state index contributed by atoms with van der Waals surface area (Å²) in [6.45, 7) is 0. The average molecular weight is 473 g/mol. The Morgan fingerprint density at radius 3 is 1.68 bits per heavy atom. The lowest BCUT2D eigenvalue weighted by Crippen LogP contribution is -1.96. The Morgan fingerprint density at radius 2 is 0.946 bits per heavy atom. The van der Waals surface area contributed by atoms with E-state index in [-0.39, 0.29) is 0 Å². The van der Waals surface area contributed by atoms with Crippen molar-refractivity contribution in [3.05, 3.63) is 145 Å². The topological polar surface area (TPSA) is 25.8 Å². The second-order valence-electron chi connectivity index (χ2n) is 9.45. The first-order chi connectivity index (χ1) is 18.3. The summed E-state index contributed by atoms with van der Waals surface area (Å²) in [6, 6.07) is 46.8. The largest absolute Gasteiger partial charge is 0.228 e. The standard InChI is InChI=1S/C35H24N2/c1-3-11-24(12-4-1)32-23-33(25-13-5-2-6-14-25)37-35(36-32)29-18-9-16-27(22-29)31-20-10-17-28-21-26-15-7-8-19-30(26)34(28)31/h1-20,22-23H,21H2. The second-order valence-corrected chi connectivity index (χ2v) is 9.45. The van der Waals surface area contributed by atoms with Crippen molar-refractivity contribution >= 4 is 0 Å². The third-order valence-corrected chi connectivity index (χ3v) is 7.12. The number of hydrogen-bond donors (Lipinski definition) is 0. The summed E-state index contributed by atoms with van der Waals surface area (Å²) in [4.78, 5) is 10.1. The number of nitrogens with zero attached hydrogens (tertiary/aromatic N) is 2. The Kier molecular flexibility index (Phi) is 5.22. The molecule has 1 heterocycles. The van der Waals surface area contributed by atoms with Crippen molar-refractivity contribution < 1.29 is 0 Å². The van der Waals surface area contributed by atoms with Crippen LogP contribution in [-0.4, -0.2) is 9.97 Å². The molecule has 0 unspecified atom stereocenters. The van der Waals surface area contributed by atoms with Crippen molar-refractivity contribution in [3.8, 4) is 56.2 Å². The zero-order chi connectivity index (χ0) is 24.6. The molecule has 37 heavy (non-hydrogen) atoms. The Bertz CT molecular complexity index is 1680. The normalized spacial score (nSPS) is 11.7. The van der Waals surface area contributed by atoms with Gasteiger partial charge in [0.25, 0.3) is 0 Å². The van der Waals surface area contributed by atoms with Gasteiger partial charge in [-0.3, -0.25) is 0 Å². The van der Waals surface area contributed by atoms with E-state index in [0.717, 1.165) is 40.3 Å². The zero-order valence-electron chi connectivity index (χ0n) is 20.3. The van der Waals surface area contributed by atoms with Crippen LogP contribution in [0.2, 0.25) is 0 Å². The van der Waals surface area contributed by atoms with Gasteiger partial charge in [0.05, 0.1) is 11.4 Å². The fourth-order valence-corrected chi connectivity index (χ4v) is 5.35. The van der Waals surface area contributed by atoms with Gasteiger partial charge >= 0.3 is 0 Å². The maximum absolute atomic E-state index is 5.03. The molecule has 2 heteroatoms. The van der Waals surface area contributed by atoms with E-state index in [2.05, 4.69) is 97.1 Å². The van der Waals surface area contributed by atoms with Crippen LogP contribution in [0.1, 0.15) is 11.1 Å². The molecular formula is C35H24N2. The molecule has 0 amide bonds. The SMILES string of the molecule is c1ccc(-c2cc(-c3ccccc3)nc(-c3cccc(-c4cccc5c4-c4ccccc4C5)c3)n2)cc1. The Balaban J connectivity index is 1.38. The van der Waals surface area contributed by atoms with E-state index in [0.29, 0.717) is 0 Å². The van der Waals surface area contributed by atoms with Crippen LogP contribution in [0.4, 0.5) is 0 Å². The molecule has 0 saturated heterocycles. The van der Waals surface area contributed by atoms with E-state index < -0.39 is 0 Å². The Labute approximate surface area is 217 Å². The zero-order valence-corrected chi connectivity index (χ0v) is 20.3. The molecule has 0 radical (unpaired) electrons. The summed E-state index contributed by atoms with van der Waals surface area (Å²) in [5.74, 6) is 0.732. The van der Waals surface area contributed by atoms with E-state index in [1.807, 2.05) is 36.4 Å². The number of aromatic nitrogens is 2. The van der Waals surface area contributed by atoms with Gasteiger partial charge in [-0.05, 0) is 51.9 Å². The first-order valence-electron chi connectivity index (χ1n) is 12.6. The number of fused-ring (bicyclic) bond motifs is 3. The van der Waals surface area contributed by atoms with Crippen molar-refractivity contribution in [2.45, 2.75) is 6.42 Å². The van der Waals surface area contributed by atoms with Gasteiger partial charge < -0.3 is 0 Å². The van der Waals surface area contributed by atoms with Crippen LogP contribution in [0.15, 0.2) is 133 Å². The van der Waals surface area contributed by atoms with Gasteiger partial charge in [-0.2, -0.15) is 0 Å². The van der Waals surface area contributed by atoms with Crippen LogP contribution in [0.5, 0.6) is 0 Å². The van der Waals surface area contributed by atoms with Gasteiger partial charge in [-0.1, -0.05) is 121 Å². The highest BCUT2D eigenvalue weighted by Gasteiger charge is 2.21. The molecule has 2 nitrogen and oxygen atoms in total. The molecule has 0 N–H and O–H groups in total. The van der Waals surface area contributed by atoms with Gasteiger partial charge in [0.15, 0.2) is 5.82 Å². The van der Waals surface area contributed by atoms with Crippen LogP contribution in [0.3, 0.4) is 0 Å². The molecule has 1 aromatic heterocycles. The lowest BCUT2D eigenvalue weighted by molar-refractivity contribution is 1.18. The summed E-state index contributed by atoms with van der Waals surface area (Å²) in [5.41, 5.74) is 12.9. The number of hydrogen-bond acceptors (Lipinski definition) is 2. The van der Waals surface area contributed by atoms with E-state index in [1.54, 1.807) is 0 Å². The maximum Gasteiger partial charge on any atom is 0.160 e. The first-order valence-corrected chi connectivity index (χ1v) is 12.6. The molecule has 0 spiro atoms. The molecule has 0 fully saturated rings. The molecule has 7 rings (SSSR count). The van der Waals surface area contributed by atoms with Gasteiger partial charge in [-0.15, -0.1) is 0 Å². The number of benzene rings is 5. The summed E-state index contributed by atoms with van der Waals surface area (Å²) in [5, 5.41) is 0. The second kappa shape index (κ2) is 9.00. The van der Waals surface area contributed by atoms with Gasteiger partial charge in [0, 0.05) is 16.7 Å². The highest BCUT2D eigenvalue weighted by molar-refractivity contribution is 5.91. The third-order valence-electron chi connectivity index (χ3n) is 7.12.